The number of hydrogen-bond donors (Lipinski definition) is 2. The Morgan fingerprint density at radius 3 is 2.50 bits per heavy atom. The lowest BCUT2D eigenvalue weighted by molar-refractivity contribution is 0.627. The summed E-state index contributed by atoms with van der Waals surface area (Å²) in [4.78, 5) is 0. The smallest absolute Gasteiger partial charge is 0.123 e. The lowest BCUT2D eigenvalue weighted by Gasteiger charge is -2.10. The minimum absolute atomic E-state index is 0.193. The third-order valence-electron chi connectivity index (χ3n) is 2.89. The van der Waals surface area contributed by atoms with E-state index >= 15 is 0 Å². The van der Waals surface area contributed by atoms with E-state index < -0.39 is 0 Å². The van der Waals surface area contributed by atoms with Gasteiger partial charge in [0.2, 0.25) is 0 Å². The number of halogens is 1. The molecule has 0 aliphatic carbocycles. The molecule has 0 atom stereocenters. The van der Waals surface area contributed by atoms with Gasteiger partial charge in [0.05, 0.1) is 0 Å². The second-order valence-corrected chi connectivity index (χ2v) is 4.38. The van der Waals surface area contributed by atoms with Crippen molar-refractivity contribution in [1.29, 1.82) is 0 Å². The Kier molecular flexibility index (Phi) is 3.82. The van der Waals surface area contributed by atoms with Crippen molar-refractivity contribution in [3.05, 3.63) is 59.4 Å². The maximum Gasteiger partial charge on any atom is 0.123 e. The third-order valence-corrected chi connectivity index (χ3v) is 2.89. The molecule has 0 amide bonds. The highest BCUT2D eigenvalue weighted by molar-refractivity contribution is 5.57. The molecule has 0 radical (unpaired) electrons. The van der Waals surface area contributed by atoms with E-state index in [-0.39, 0.29) is 5.82 Å². The molecule has 0 heterocycles. The largest absolute Gasteiger partial charge is 0.399 e. The number of aryl methyl sites for hydroxylation is 1. The topological polar surface area (TPSA) is 38.0 Å². The highest BCUT2D eigenvalue weighted by atomic mass is 19.1. The predicted molar refractivity (Wildman–Crippen MR) is 74.2 cm³/mol. The van der Waals surface area contributed by atoms with Crippen molar-refractivity contribution in [2.75, 3.05) is 17.6 Å². The monoisotopic (exact) mass is 244 g/mol. The van der Waals surface area contributed by atoms with Crippen molar-refractivity contribution in [1.82, 2.24) is 0 Å². The highest BCUT2D eigenvalue weighted by Gasteiger charge is 1.98. The van der Waals surface area contributed by atoms with Gasteiger partial charge in [0, 0.05) is 17.9 Å². The van der Waals surface area contributed by atoms with Gasteiger partial charge in [0.25, 0.3) is 0 Å². The van der Waals surface area contributed by atoms with Crippen LogP contribution in [0.5, 0.6) is 0 Å². The number of benzene rings is 2. The van der Waals surface area contributed by atoms with Gasteiger partial charge in [-0.05, 0) is 54.8 Å². The minimum Gasteiger partial charge on any atom is -0.399 e. The minimum atomic E-state index is -0.193. The average molecular weight is 244 g/mol. The number of hydrogen-bond acceptors (Lipinski definition) is 2. The van der Waals surface area contributed by atoms with Gasteiger partial charge >= 0.3 is 0 Å². The zero-order valence-corrected chi connectivity index (χ0v) is 10.4. The fraction of sp³-hybridized carbons (Fsp3) is 0.200. The van der Waals surface area contributed by atoms with E-state index in [0.29, 0.717) is 0 Å². The Bertz CT molecular complexity index is 521. The van der Waals surface area contributed by atoms with E-state index in [1.807, 2.05) is 37.3 Å². The third kappa shape index (κ3) is 3.23. The Morgan fingerprint density at radius 1 is 1.11 bits per heavy atom. The Labute approximate surface area is 107 Å². The van der Waals surface area contributed by atoms with Crippen LogP contribution in [-0.4, -0.2) is 6.54 Å². The van der Waals surface area contributed by atoms with Crippen LogP contribution in [0, 0.1) is 12.7 Å². The van der Waals surface area contributed by atoms with Crippen molar-refractivity contribution in [3.8, 4) is 0 Å². The summed E-state index contributed by atoms with van der Waals surface area (Å²) in [5.74, 6) is -0.193. The molecule has 0 bridgehead atoms. The van der Waals surface area contributed by atoms with Crippen molar-refractivity contribution in [2.45, 2.75) is 13.3 Å². The summed E-state index contributed by atoms with van der Waals surface area (Å²) in [6.07, 6.45) is 0.865. The second kappa shape index (κ2) is 5.54. The number of anilines is 2. The fourth-order valence-corrected chi connectivity index (χ4v) is 1.88. The molecule has 0 fully saturated rings. The second-order valence-electron chi connectivity index (χ2n) is 4.38. The van der Waals surface area contributed by atoms with Gasteiger partial charge in [0.1, 0.15) is 5.82 Å². The van der Waals surface area contributed by atoms with E-state index in [1.165, 1.54) is 12.1 Å². The summed E-state index contributed by atoms with van der Waals surface area (Å²) in [6.45, 7) is 2.84. The number of nitrogens with two attached hydrogens (primary N) is 1. The van der Waals surface area contributed by atoms with E-state index in [4.69, 9.17) is 5.73 Å². The van der Waals surface area contributed by atoms with Gasteiger partial charge in [0.15, 0.2) is 0 Å². The molecular formula is C15H17FN2. The van der Waals surface area contributed by atoms with Gasteiger partial charge in [-0.15, -0.1) is 0 Å². The zero-order chi connectivity index (χ0) is 13.0. The Balaban J connectivity index is 1.90. The first-order chi connectivity index (χ1) is 8.65. The lowest BCUT2D eigenvalue weighted by atomic mass is 10.1. The van der Waals surface area contributed by atoms with Crippen LogP contribution in [0.4, 0.5) is 15.8 Å². The number of rotatable bonds is 4. The van der Waals surface area contributed by atoms with Gasteiger partial charge < -0.3 is 11.1 Å². The van der Waals surface area contributed by atoms with Crippen molar-refractivity contribution in [3.63, 3.8) is 0 Å². The highest BCUT2D eigenvalue weighted by Crippen LogP contribution is 2.17. The quantitative estimate of drug-likeness (QED) is 0.809. The Hall–Kier alpha value is -2.03. The molecule has 3 heteroatoms. The Morgan fingerprint density at radius 2 is 1.83 bits per heavy atom. The number of nitrogens with one attached hydrogen (secondary N) is 1. The first-order valence-corrected chi connectivity index (χ1v) is 5.99. The molecule has 0 aromatic heterocycles. The van der Waals surface area contributed by atoms with Crippen molar-refractivity contribution >= 4 is 11.4 Å². The molecule has 0 saturated carbocycles. The molecule has 2 rings (SSSR count). The van der Waals surface area contributed by atoms with Crippen LogP contribution >= 0.6 is 0 Å². The van der Waals surface area contributed by atoms with E-state index in [9.17, 15) is 4.39 Å². The number of nitrogen functional groups attached to an aromatic ring is 1. The molecule has 2 aromatic rings. The summed E-state index contributed by atoms with van der Waals surface area (Å²) >= 11 is 0. The van der Waals surface area contributed by atoms with E-state index in [1.54, 1.807) is 0 Å². The van der Waals surface area contributed by atoms with E-state index in [2.05, 4.69) is 5.32 Å². The van der Waals surface area contributed by atoms with Gasteiger partial charge in [-0.25, -0.2) is 4.39 Å². The van der Waals surface area contributed by atoms with Crippen LogP contribution in [0.15, 0.2) is 42.5 Å². The normalized spacial score (nSPS) is 10.3. The molecule has 0 saturated heterocycles. The molecule has 3 N–H and O–H groups in total. The zero-order valence-electron chi connectivity index (χ0n) is 10.4. The van der Waals surface area contributed by atoms with Crippen molar-refractivity contribution < 1.29 is 4.39 Å². The first kappa shape index (κ1) is 12.4. The predicted octanol–water partition coefficient (Wildman–Crippen LogP) is 3.37. The standard InChI is InChI=1S/C15H17FN2/c1-11-10-14(17)6-7-15(11)18-9-8-12-2-4-13(16)5-3-12/h2-7,10,18H,8-9,17H2,1H3. The van der Waals surface area contributed by atoms with Crippen LogP contribution in [-0.2, 0) is 6.42 Å². The molecule has 18 heavy (non-hydrogen) atoms. The molecule has 2 nitrogen and oxygen atoms in total. The average Bonchev–Trinajstić information content (AvgIpc) is 2.34. The van der Waals surface area contributed by atoms with Crippen LogP contribution in [0.25, 0.3) is 0 Å². The molecule has 2 aromatic carbocycles. The summed E-state index contributed by atoms with van der Waals surface area (Å²) < 4.78 is 12.7. The molecular weight excluding hydrogens is 227 g/mol. The summed E-state index contributed by atoms with van der Waals surface area (Å²) in [5.41, 5.74) is 9.82. The molecule has 0 aliphatic rings. The van der Waals surface area contributed by atoms with Crippen LogP contribution < -0.4 is 11.1 Å². The molecule has 0 spiro atoms. The van der Waals surface area contributed by atoms with Gasteiger partial charge in [-0.3, -0.25) is 0 Å². The van der Waals surface area contributed by atoms with Crippen LogP contribution in [0.2, 0.25) is 0 Å². The molecule has 94 valence electrons. The summed E-state index contributed by atoms with van der Waals surface area (Å²) in [5, 5.41) is 3.35. The summed E-state index contributed by atoms with van der Waals surface area (Å²) in [7, 11) is 0. The summed E-state index contributed by atoms with van der Waals surface area (Å²) in [6, 6.07) is 12.4. The fourth-order valence-electron chi connectivity index (χ4n) is 1.88. The lowest BCUT2D eigenvalue weighted by Crippen LogP contribution is -2.06. The van der Waals surface area contributed by atoms with Crippen LogP contribution in [0.1, 0.15) is 11.1 Å². The van der Waals surface area contributed by atoms with Crippen LogP contribution in [0.3, 0.4) is 0 Å². The van der Waals surface area contributed by atoms with Gasteiger partial charge in [-0.1, -0.05) is 12.1 Å². The van der Waals surface area contributed by atoms with Gasteiger partial charge in [-0.2, -0.15) is 0 Å². The van der Waals surface area contributed by atoms with E-state index in [0.717, 1.165) is 35.5 Å². The maximum absolute atomic E-state index is 12.7. The first-order valence-electron chi connectivity index (χ1n) is 5.99. The molecule has 0 aliphatic heterocycles. The molecule has 0 unspecified atom stereocenters. The SMILES string of the molecule is Cc1cc(N)ccc1NCCc1ccc(F)cc1. The maximum atomic E-state index is 12.7. The van der Waals surface area contributed by atoms with Crippen molar-refractivity contribution in [2.24, 2.45) is 0 Å².